The van der Waals surface area contributed by atoms with Gasteiger partial charge in [-0.05, 0) is 62.4 Å². The maximum absolute atomic E-state index is 12.5. The molecular formula is C16H20Cl2N2O. The molecule has 3 rings (SSSR count). The number of rotatable bonds is 1. The molecule has 2 fully saturated rings. The largest absolute Gasteiger partial charge is 0.339 e. The summed E-state index contributed by atoms with van der Waals surface area (Å²) in [6.07, 6.45) is 4.70. The molecule has 2 saturated heterocycles. The summed E-state index contributed by atoms with van der Waals surface area (Å²) in [4.78, 5) is 14.5. The van der Waals surface area contributed by atoms with E-state index in [1.807, 2.05) is 4.90 Å². The van der Waals surface area contributed by atoms with E-state index in [9.17, 15) is 4.79 Å². The first-order valence-electron chi connectivity index (χ1n) is 7.55. The third-order valence-electron chi connectivity index (χ3n) is 4.94. The van der Waals surface area contributed by atoms with E-state index in [1.165, 1.54) is 12.8 Å². The van der Waals surface area contributed by atoms with E-state index >= 15 is 0 Å². The lowest BCUT2D eigenvalue weighted by molar-refractivity contribution is 0.0496. The molecule has 0 aromatic heterocycles. The molecule has 1 N–H and O–H groups in total. The van der Waals surface area contributed by atoms with E-state index in [1.54, 1.807) is 18.2 Å². The summed E-state index contributed by atoms with van der Waals surface area (Å²) in [5, 5.41) is 4.35. The Morgan fingerprint density at radius 2 is 1.71 bits per heavy atom. The van der Waals surface area contributed by atoms with E-state index in [-0.39, 0.29) is 5.91 Å². The quantitative estimate of drug-likeness (QED) is 0.855. The monoisotopic (exact) mass is 326 g/mol. The summed E-state index contributed by atoms with van der Waals surface area (Å²) < 4.78 is 0. The number of hydrogen-bond donors (Lipinski definition) is 1. The van der Waals surface area contributed by atoms with Gasteiger partial charge in [-0.15, -0.1) is 0 Å². The van der Waals surface area contributed by atoms with Crippen molar-refractivity contribution in [3.05, 3.63) is 33.8 Å². The molecule has 1 amide bonds. The molecule has 1 aromatic rings. The molecule has 2 aliphatic heterocycles. The Hall–Kier alpha value is -0.770. The SMILES string of the molecule is O=C(c1ccc(Cl)c(Cl)c1)N1CCC2(CCNCC2)CC1. The van der Waals surface area contributed by atoms with Gasteiger partial charge < -0.3 is 10.2 Å². The van der Waals surface area contributed by atoms with Crippen LogP contribution >= 0.6 is 23.2 Å². The van der Waals surface area contributed by atoms with Gasteiger partial charge >= 0.3 is 0 Å². The second-order valence-electron chi connectivity index (χ2n) is 6.17. The molecule has 0 radical (unpaired) electrons. The number of carbonyl (C=O) groups excluding carboxylic acids is 1. The first kappa shape index (κ1) is 15.1. The highest BCUT2D eigenvalue weighted by Crippen LogP contribution is 2.39. The molecule has 21 heavy (non-hydrogen) atoms. The van der Waals surface area contributed by atoms with Crippen molar-refractivity contribution in [2.45, 2.75) is 25.7 Å². The lowest BCUT2D eigenvalue weighted by atomic mass is 9.71. The number of nitrogens with zero attached hydrogens (tertiary/aromatic N) is 1. The van der Waals surface area contributed by atoms with Crippen molar-refractivity contribution in [2.75, 3.05) is 26.2 Å². The lowest BCUT2D eigenvalue weighted by Crippen LogP contribution is -2.47. The molecule has 0 bridgehead atoms. The van der Waals surface area contributed by atoms with Crippen LogP contribution in [0.2, 0.25) is 10.0 Å². The van der Waals surface area contributed by atoms with E-state index in [4.69, 9.17) is 23.2 Å². The summed E-state index contributed by atoms with van der Waals surface area (Å²) in [7, 11) is 0. The van der Waals surface area contributed by atoms with Crippen LogP contribution in [0, 0.1) is 5.41 Å². The average Bonchev–Trinajstić information content (AvgIpc) is 2.51. The molecule has 1 spiro atoms. The van der Waals surface area contributed by atoms with E-state index < -0.39 is 0 Å². The number of hydrogen-bond acceptors (Lipinski definition) is 2. The molecule has 2 aliphatic rings. The van der Waals surface area contributed by atoms with Gasteiger partial charge in [-0.1, -0.05) is 23.2 Å². The van der Waals surface area contributed by atoms with Crippen molar-refractivity contribution in [2.24, 2.45) is 5.41 Å². The van der Waals surface area contributed by atoms with E-state index in [2.05, 4.69) is 5.32 Å². The summed E-state index contributed by atoms with van der Waals surface area (Å²) in [6, 6.07) is 5.11. The number of likely N-dealkylation sites (tertiary alicyclic amines) is 1. The van der Waals surface area contributed by atoms with Gasteiger partial charge in [-0.2, -0.15) is 0 Å². The van der Waals surface area contributed by atoms with Crippen LogP contribution in [0.25, 0.3) is 0 Å². The van der Waals surface area contributed by atoms with Crippen LogP contribution in [0.1, 0.15) is 36.0 Å². The highest BCUT2D eigenvalue weighted by atomic mass is 35.5. The maximum atomic E-state index is 12.5. The predicted octanol–water partition coefficient (Wildman–Crippen LogP) is 3.60. The van der Waals surface area contributed by atoms with Gasteiger partial charge in [0.15, 0.2) is 0 Å². The molecule has 0 saturated carbocycles. The number of nitrogens with one attached hydrogen (secondary N) is 1. The second-order valence-corrected chi connectivity index (χ2v) is 6.99. The third kappa shape index (κ3) is 3.20. The predicted molar refractivity (Wildman–Crippen MR) is 86.1 cm³/mol. The Morgan fingerprint density at radius 3 is 2.33 bits per heavy atom. The number of piperidine rings is 2. The highest BCUT2D eigenvalue weighted by molar-refractivity contribution is 6.42. The summed E-state index contributed by atoms with van der Waals surface area (Å²) in [5.74, 6) is 0.0670. The Morgan fingerprint density at radius 1 is 1.05 bits per heavy atom. The molecule has 2 heterocycles. The van der Waals surface area contributed by atoms with Crippen LogP contribution < -0.4 is 5.32 Å². The van der Waals surface area contributed by atoms with Gasteiger partial charge in [0.1, 0.15) is 0 Å². The fourth-order valence-electron chi connectivity index (χ4n) is 3.45. The Kier molecular flexibility index (Phi) is 4.43. The molecule has 1 aromatic carbocycles. The van der Waals surface area contributed by atoms with Crippen LogP contribution in [0.3, 0.4) is 0 Å². The van der Waals surface area contributed by atoms with Gasteiger partial charge in [0.2, 0.25) is 0 Å². The molecule has 0 aliphatic carbocycles. The molecule has 3 nitrogen and oxygen atoms in total. The topological polar surface area (TPSA) is 32.3 Å². The first-order valence-corrected chi connectivity index (χ1v) is 8.30. The minimum atomic E-state index is 0.0670. The average molecular weight is 327 g/mol. The standard InChI is InChI=1S/C16H20Cl2N2O/c17-13-2-1-12(11-14(13)18)15(21)20-9-5-16(6-10-20)3-7-19-8-4-16/h1-2,11,19H,3-10H2. The molecule has 5 heteroatoms. The molecule has 0 atom stereocenters. The van der Waals surface area contributed by atoms with Crippen molar-refractivity contribution in [3.8, 4) is 0 Å². The normalized spacial score (nSPS) is 21.5. The summed E-state index contributed by atoms with van der Waals surface area (Å²) >= 11 is 11.9. The van der Waals surface area contributed by atoms with Crippen LogP contribution in [0.5, 0.6) is 0 Å². The number of benzene rings is 1. The van der Waals surface area contributed by atoms with E-state index in [0.29, 0.717) is 21.0 Å². The minimum absolute atomic E-state index is 0.0670. The van der Waals surface area contributed by atoms with Crippen molar-refractivity contribution >= 4 is 29.1 Å². The number of halogens is 2. The zero-order valence-corrected chi connectivity index (χ0v) is 13.5. The van der Waals surface area contributed by atoms with Crippen LogP contribution in [0.4, 0.5) is 0 Å². The van der Waals surface area contributed by atoms with Crippen LogP contribution in [0.15, 0.2) is 18.2 Å². The van der Waals surface area contributed by atoms with Crippen molar-refractivity contribution < 1.29 is 4.79 Å². The van der Waals surface area contributed by atoms with Gasteiger partial charge in [-0.25, -0.2) is 0 Å². The maximum Gasteiger partial charge on any atom is 0.253 e. The van der Waals surface area contributed by atoms with Crippen molar-refractivity contribution in [3.63, 3.8) is 0 Å². The van der Waals surface area contributed by atoms with Gasteiger partial charge in [0, 0.05) is 18.7 Å². The first-order chi connectivity index (χ1) is 10.1. The second kappa shape index (κ2) is 6.15. The van der Waals surface area contributed by atoms with E-state index in [0.717, 1.165) is 39.0 Å². The third-order valence-corrected chi connectivity index (χ3v) is 5.68. The smallest absolute Gasteiger partial charge is 0.253 e. The summed E-state index contributed by atoms with van der Waals surface area (Å²) in [6.45, 7) is 3.92. The minimum Gasteiger partial charge on any atom is -0.339 e. The van der Waals surface area contributed by atoms with Crippen LogP contribution in [-0.4, -0.2) is 37.0 Å². The molecule has 114 valence electrons. The molecule has 0 unspecified atom stereocenters. The van der Waals surface area contributed by atoms with Gasteiger partial charge in [0.25, 0.3) is 5.91 Å². The van der Waals surface area contributed by atoms with Crippen molar-refractivity contribution in [1.82, 2.24) is 10.2 Å². The zero-order valence-electron chi connectivity index (χ0n) is 12.0. The Labute approximate surface area is 135 Å². The fraction of sp³-hybridized carbons (Fsp3) is 0.562. The van der Waals surface area contributed by atoms with Crippen molar-refractivity contribution in [1.29, 1.82) is 0 Å². The Bertz CT molecular complexity index is 531. The highest BCUT2D eigenvalue weighted by Gasteiger charge is 2.36. The zero-order chi connectivity index (χ0) is 14.9. The van der Waals surface area contributed by atoms with Crippen LogP contribution in [-0.2, 0) is 0 Å². The summed E-state index contributed by atoms with van der Waals surface area (Å²) in [5.41, 5.74) is 1.09. The number of amides is 1. The molecular weight excluding hydrogens is 307 g/mol. The number of carbonyl (C=O) groups is 1. The lowest BCUT2D eigenvalue weighted by Gasteiger charge is -2.44. The van der Waals surface area contributed by atoms with Gasteiger partial charge in [-0.3, -0.25) is 4.79 Å². The Balaban J connectivity index is 1.65. The van der Waals surface area contributed by atoms with Gasteiger partial charge in [0.05, 0.1) is 10.0 Å². The fourth-order valence-corrected chi connectivity index (χ4v) is 3.75.